The third-order valence-corrected chi connectivity index (χ3v) is 4.22. The molecule has 0 saturated carbocycles. The number of rotatable bonds is 6. The normalized spacial score (nSPS) is 10.8. The van der Waals surface area contributed by atoms with Crippen molar-refractivity contribution in [2.24, 2.45) is 0 Å². The molecule has 3 rings (SSSR count). The molecule has 1 aromatic heterocycles. The molecule has 6 nitrogen and oxygen atoms in total. The predicted octanol–water partition coefficient (Wildman–Crippen LogP) is 3.26. The van der Waals surface area contributed by atoms with Crippen molar-refractivity contribution in [3.63, 3.8) is 0 Å². The number of hydrogen-bond acceptors (Lipinski definition) is 3. The highest BCUT2D eigenvalue weighted by Crippen LogP contribution is 2.19. The second-order valence-corrected chi connectivity index (χ2v) is 6.42. The van der Waals surface area contributed by atoms with E-state index in [0.717, 1.165) is 28.1 Å². The smallest absolute Gasteiger partial charge is 0.244 e. The van der Waals surface area contributed by atoms with Crippen LogP contribution in [0.1, 0.15) is 16.7 Å². The summed E-state index contributed by atoms with van der Waals surface area (Å²) in [4.78, 5) is 24.1. The van der Waals surface area contributed by atoms with Gasteiger partial charge >= 0.3 is 0 Å². The lowest BCUT2D eigenvalue weighted by Crippen LogP contribution is -2.32. The number of aromatic nitrogens is 2. The van der Waals surface area contributed by atoms with Gasteiger partial charge in [0.1, 0.15) is 0 Å². The predicted molar refractivity (Wildman–Crippen MR) is 110 cm³/mol. The SMILES string of the molecule is Cc1cccc(C)c1NC(=O)CNC(=O)/C=C/c1cnn(-c2ccccc2)c1. The quantitative estimate of drug-likeness (QED) is 0.650. The molecule has 2 amide bonds. The van der Waals surface area contributed by atoms with E-state index >= 15 is 0 Å². The first-order chi connectivity index (χ1) is 13.5. The Hall–Kier alpha value is -3.67. The minimum Gasteiger partial charge on any atom is -0.343 e. The molecule has 0 aliphatic heterocycles. The molecule has 6 heteroatoms. The van der Waals surface area contributed by atoms with Crippen molar-refractivity contribution in [3.8, 4) is 5.69 Å². The molecule has 0 aliphatic rings. The summed E-state index contributed by atoms with van der Waals surface area (Å²) in [5.74, 6) is -0.611. The van der Waals surface area contributed by atoms with Crippen molar-refractivity contribution in [2.45, 2.75) is 13.8 Å². The Morgan fingerprint density at radius 1 is 1.04 bits per heavy atom. The van der Waals surface area contributed by atoms with Crippen molar-refractivity contribution >= 4 is 23.6 Å². The Balaban J connectivity index is 1.52. The van der Waals surface area contributed by atoms with Crippen LogP contribution in [0.15, 0.2) is 67.0 Å². The van der Waals surface area contributed by atoms with Crippen LogP contribution in [-0.4, -0.2) is 28.1 Å². The van der Waals surface area contributed by atoms with Gasteiger partial charge in [0.2, 0.25) is 11.8 Å². The van der Waals surface area contributed by atoms with Crippen molar-refractivity contribution in [3.05, 3.63) is 83.7 Å². The van der Waals surface area contributed by atoms with Crippen LogP contribution in [0.2, 0.25) is 0 Å². The number of anilines is 1. The van der Waals surface area contributed by atoms with Crippen LogP contribution >= 0.6 is 0 Å². The van der Waals surface area contributed by atoms with E-state index in [4.69, 9.17) is 0 Å². The van der Waals surface area contributed by atoms with Gasteiger partial charge in [0, 0.05) is 23.5 Å². The lowest BCUT2D eigenvalue weighted by atomic mass is 10.1. The van der Waals surface area contributed by atoms with Crippen LogP contribution in [0.25, 0.3) is 11.8 Å². The molecule has 0 bridgehead atoms. The number of hydrogen-bond donors (Lipinski definition) is 2. The van der Waals surface area contributed by atoms with E-state index in [2.05, 4.69) is 15.7 Å². The van der Waals surface area contributed by atoms with Gasteiger partial charge < -0.3 is 10.6 Å². The maximum Gasteiger partial charge on any atom is 0.244 e. The second kappa shape index (κ2) is 8.81. The summed E-state index contributed by atoms with van der Waals surface area (Å²) in [6, 6.07) is 15.5. The zero-order valence-corrected chi connectivity index (χ0v) is 15.8. The topological polar surface area (TPSA) is 76.0 Å². The third-order valence-electron chi connectivity index (χ3n) is 4.22. The Bertz CT molecular complexity index is 986. The average Bonchev–Trinajstić information content (AvgIpc) is 3.17. The number of aryl methyl sites for hydroxylation is 2. The molecule has 3 aromatic rings. The van der Waals surface area contributed by atoms with E-state index in [9.17, 15) is 9.59 Å². The number of nitrogens with one attached hydrogen (secondary N) is 2. The van der Waals surface area contributed by atoms with Crippen LogP contribution in [0.5, 0.6) is 0 Å². The Labute approximate surface area is 163 Å². The zero-order chi connectivity index (χ0) is 19.9. The van der Waals surface area contributed by atoms with Gasteiger partial charge in [0.15, 0.2) is 0 Å². The van der Waals surface area contributed by atoms with Gasteiger partial charge in [0.25, 0.3) is 0 Å². The molecular weight excluding hydrogens is 352 g/mol. The summed E-state index contributed by atoms with van der Waals surface area (Å²) >= 11 is 0. The first kappa shape index (κ1) is 19.1. The standard InChI is InChI=1S/C22H22N4O2/c1-16-7-6-8-17(2)22(16)25-21(28)14-23-20(27)12-11-18-13-24-26(15-18)19-9-4-3-5-10-19/h3-13,15H,14H2,1-2H3,(H,23,27)(H,25,28)/b12-11+. The largest absolute Gasteiger partial charge is 0.343 e. The lowest BCUT2D eigenvalue weighted by Gasteiger charge is -2.11. The molecule has 0 fully saturated rings. The monoisotopic (exact) mass is 374 g/mol. The first-order valence-electron chi connectivity index (χ1n) is 8.95. The highest BCUT2D eigenvalue weighted by molar-refractivity contribution is 5.98. The van der Waals surface area contributed by atoms with Crippen LogP contribution in [-0.2, 0) is 9.59 Å². The molecule has 0 spiro atoms. The molecule has 0 atom stereocenters. The number of carbonyl (C=O) groups is 2. The molecule has 0 unspecified atom stereocenters. The fraction of sp³-hybridized carbons (Fsp3) is 0.136. The zero-order valence-electron chi connectivity index (χ0n) is 15.8. The van der Waals surface area contributed by atoms with Gasteiger partial charge in [-0.1, -0.05) is 36.4 Å². The van der Waals surface area contributed by atoms with Crippen LogP contribution in [0.3, 0.4) is 0 Å². The maximum atomic E-state index is 12.1. The van der Waals surface area contributed by atoms with Gasteiger partial charge in [-0.25, -0.2) is 4.68 Å². The van der Waals surface area contributed by atoms with Gasteiger partial charge in [-0.3, -0.25) is 9.59 Å². The van der Waals surface area contributed by atoms with Crippen molar-refractivity contribution in [1.29, 1.82) is 0 Å². The van der Waals surface area contributed by atoms with Crippen molar-refractivity contribution < 1.29 is 9.59 Å². The molecule has 0 aliphatic carbocycles. The average molecular weight is 374 g/mol. The molecule has 0 radical (unpaired) electrons. The molecule has 2 N–H and O–H groups in total. The van der Waals surface area contributed by atoms with Gasteiger partial charge in [-0.2, -0.15) is 5.10 Å². The Kier molecular flexibility index (Phi) is 6.01. The summed E-state index contributed by atoms with van der Waals surface area (Å²) in [5, 5.41) is 9.69. The van der Waals surface area contributed by atoms with E-state index < -0.39 is 0 Å². The van der Waals surface area contributed by atoms with Crippen LogP contribution < -0.4 is 10.6 Å². The Morgan fingerprint density at radius 3 is 2.46 bits per heavy atom. The van der Waals surface area contributed by atoms with Crippen LogP contribution in [0.4, 0.5) is 5.69 Å². The van der Waals surface area contributed by atoms with Crippen LogP contribution in [0, 0.1) is 13.8 Å². The second-order valence-electron chi connectivity index (χ2n) is 6.42. The minimum absolute atomic E-state index is 0.0970. The minimum atomic E-state index is -0.343. The molecule has 142 valence electrons. The molecule has 0 saturated heterocycles. The molecule has 28 heavy (non-hydrogen) atoms. The summed E-state index contributed by atoms with van der Waals surface area (Å²) in [6.07, 6.45) is 6.54. The Morgan fingerprint density at radius 2 is 1.75 bits per heavy atom. The fourth-order valence-corrected chi connectivity index (χ4v) is 2.74. The third kappa shape index (κ3) is 4.94. The van der Waals surface area contributed by atoms with E-state index in [1.54, 1.807) is 17.0 Å². The lowest BCUT2D eigenvalue weighted by molar-refractivity contribution is -0.121. The van der Waals surface area contributed by atoms with Crippen molar-refractivity contribution in [1.82, 2.24) is 15.1 Å². The van der Waals surface area contributed by atoms with Gasteiger partial charge in [-0.05, 0) is 43.2 Å². The van der Waals surface area contributed by atoms with Gasteiger partial charge in [0.05, 0.1) is 18.4 Å². The molecule has 1 heterocycles. The maximum absolute atomic E-state index is 12.1. The summed E-state index contributed by atoms with van der Waals surface area (Å²) in [7, 11) is 0. The number of nitrogens with zero attached hydrogens (tertiary/aromatic N) is 2. The number of para-hydroxylation sites is 2. The van der Waals surface area contributed by atoms with E-state index in [-0.39, 0.29) is 18.4 Å². The summed E-state index contributed by atoms with van der Waals surface area (Å²) in [5.41, 5.74) is 4.48. The summed E-state index contributed by atoms with van der Waals surface area (Å²) < 4.78 is 1.73. The van der Waals surface area contributed by atoms with E-state index in [0.29, 0.717) is 0 Å². The fourth-order valence-electron chi connectivity index (χ4n) is 2.74. The van der Waals surface area contributed by atoms with E-state index in [1.165, 1.54) is 6.08 Å². The van der Waals surface area contributed by atoms with E-state index in [1.807, 2.05) is 68.6 Å². The highest BCUT2D eigenvalue weighted by Gasteiger charge is 2.08. The molecule has 2 aromatic carbocycles. The molecular formula is C22H22N4O2. The number of benzene rings is 2. The first-order valence-corrected chi connectivity index (χ1v) is 8.95. The van der Waals surface area contributed by atoms with Gasteiger partial charge in [-0.15, -0.1) is 0 Å². The number of amides is 2. The summed E-state index contributed by atoms with van der Waals surface area (Å²) in [6.45, 7) is 3.76. The highest BCUT2D eigenvalue weighted by atomic mass is 16.2. The number of carbonyl (C=O) groups excluding carboxylic acids is 2. The van der Waals surface area contributed by atoms with Crippen molar-refractivity contribution in [2.75, 3.05) is 11.9 Å².